The van der Waals surface area contributed by atoms with Gasteiger partial charge in [-0.25, -0.2) is 9.18 Å². The van der Waals surface area contributed by atoms with Crippen molar-refractivity contribution in [1.82, 2.24) is 0 Å². The lowest BCUT2D eigenvalue weighted by atomic mass is 10.0. The zero-order chi connectivity index (χ0) is 19.1. The molecule has 26 heavy (non-hydrogen) atoms. The molecule has 1 aliphatic carbocycles. The maximum absolute atomic E-state index is 14.1. The molecule has 136 valence electrons. The van der Waals surface area contributed by atoms with Crippen molar-refractivity contribution < 1.29 is 23.5 Å². The summed E-state index contributed by atoms with van der Waals surface area (Å²) in [6, 6.07) is 9.08. The number of carbonyl (C=O) groups is 2. The van der Waals surface area contributed by atoms with Crippen molar-refractivity contribution in [2.75, 3.05) is 0 Å². The van der Waals surface area contributed by atoms with E-state index >= 15 is 0 Å². The van der Waals surface area contributed by atoms with Crippen LogP contribution in [0.25, 0.3) is 0 Å². The van der Waals surface area contributed by atoms with Gasteiger partial charge in [-0.3, -0.25) is 4.79 Å². The molecular formula is C20H18ClFO4. The molecule has 0 aromatic heterocycles. The molecule has 4 nitrogen and oxygen atoms in total. The van der Waals surface area contributed by atoms with Crippen molar-refractivity contribution in [3.05, 3.63) is 58.4 Å². The van der Waals surface area contributed by atoms with Gasteiger partial charge in [-0.1, -0.05) is 18.5 Å². The Bertz CT molecular complexity index is 874. The highest BCUT2D eigenvalue weighted by molar-refractivity contribution is 6.30. The molecule has 2 aromatic carbocycles. The number of ketones is 1. The predicted octanol–water partition coefficient (Wildman–Crippen LogP) is 4.93. The molecule has 0 saturated heterocycles. The van der Waals surface area contributed by atoms with Gasteiger partial charge in [0.05, 0.1) is 5.56 Å². The van der Waals surface area contributed by atoms with Crippen molar-refractivity contribution >= 4 is 23.4 Å². The van der Waals surface area contributed by atoms with Gasteiger partial charge in [0.1, 0.15) is 17.3 Å². The van der Waals surface area contributed by atoms with Crippen LogP contribution in [0.2, 0.25) is 5.02 Å². The first-order valence-electron chi connectivity index (χ1n) is 8.21. The Kier molecular flexibility index (Phi) is 4.76. The predicted molar refractivity (Wildman–Crippen MR) is 95.6 cm³/mol. The molecule has 6 heteroatoms. The second kappa shape index (κ2) is 6.72. The number of rotatable bonds is 4. The molecule has 0 bridgehead atoms. The van der Waals surface area contributed by atoms with Crippen LogP contribution >= 0.6 is 11.6 Å². The highest BCUT2D eigenvalue weighted by Gasteiger charge is 2.37. The van der Waals surface area contributed by atoms with E-state index in [1.165, 1.54) is 12.1 Å². The Morgan fingerprint density at radius 2 is 1.85 bits per heavy atom. The molecule has 0 spiro atoms. The number of esters is 1. The van der Waals surface area contributed by atoms with Gasteiger partial charge in [-0.05, 0) is 56.2 Å². The van der Waals surface area contributed by atoms with E-state index < -0.39 is 17.4 Å². The molecular weight excluding hydrogens is 359 g/mol. The van der Waals surface area contributed by atoms with Crippen LogP contribution in [0.5, 0.6) is 11.5 Å². The fourth-order valence-electron chi connectivity index (χ4n) is 2.97. The van der Waals surface area contributed by atoms with Crippen LogP contribution in [0.1, 0.15) is 49.0 Å². The molecule has 0 aliphatic heterocycles. The third-order valence-corrected chi connectivity index (χ3v) is 4.55. The standard InChI is InChI=1S/C20H18ClFO4/c1-11-10-15(23)18-16(9-8-14(22)17(11)18)25-19(24)20(2,3)26-13-6-4-12(21)5-7-13/h4-9,11H,10H2,1-3H3. The van der Waals surface area contributed by atoms with E-state index in [0.717, 1.165) is 0 Å². The molecule has 0 heterocycles. The van der Waals surface area contributed by atoms with Gasteiger partial charge in [0, 0.05) is 17.0 Å². The largest absolute Gasteiger partial charge is 0.476 e. The van der Waals surface area contributed by atoms with Gasteiger partial charge in [0.25, 0.3) is 0 Å². The van der Waals surface area contributed by atoms with Gasteiger partial charge in [-0.2, -0.15) is 0 Å². The first kappa shape index (κ1) is 18.4. The zero-order valence-corrected chi connectivity index (χ0v) is 15.4. The Morgan fingerprint density at radius 3 is 2.50 bits per heavy atom. The average molecular weight is 377 g/mol. The summed E-state index contributed by atoms with van der Waals surface area (Å²) >= 11 is 5.84. The summed E-state index contributed by atoms with van der Waals surface area (Å²) in [5.41, 5.74) is -0.868. The summed E-state index contributed by atoms with van der Waals surface area (Å²) in [6.07, 6.45) is 0.200. The summed E-state index contributed by atoms with van der Waals surface area (Å²) in [4.78, 5) is 24.8. The minimum Gasteiger partial charge on any atom is -0.476 e. The minimum atomic E-state index is -1.32. The molecule has 1 atom stereocenters. The van der Waals surface area contributed by atoms with E-state index in [9.17, 15) is 14.0 Å². The highest BCUT2D eigenvalue weighted by atomic mass is 35.5. The van der Waals surface area contributed by atoms with Crippen molar-refractivity contribution in [1.29, 1.82) is 0 Å². The minimum absolute atomic E-state index is 0.0635. The normalized spacial score (nSPS) is 16.3. The number of halogens is 2. The van der Waals surface area contributed by atoms with Crippen molar-refractivity contribution in [3.63, 3.8) is 0 Å². The van der Waals surface area contributed by atoms with Crippen LogP contribution < -0.4 is 9.47 Å². The highest BCUT2D eigenvalue weighted by Crippen LogP contribution is 2.40. The maximum Gasteiger partial charge on any atom is 0.355 e. The van der Waals surface area contributed by atoms with Crippen molar-refractivity contribution in [2.45, 2.75) is 38.7 Å². The van der Waals surface area contributed by atoms with Crippen molar-refractivity contribution in [3.8, 4) is 11.5 Å². The zero-order valence-electron chi connectivity index (χ0n) is 14.6. The quantitative estimate of drug-likeness (QED) is 0.560. The van der Waals surface area contributed by atoms with Crippen molar-refractivity contribution in [2.24, 2.45) is 0 Å². The summed E-state index contributed by atoms with van der Waals surface area (Å²) in [5, 5.41) is 0.548. The smallest absolute Gasteiger partial charge is 0.355 e. The van der Waals surface area contributed by atoms with E-state index in [1.807, 2.05) is 0 Å². The number of Topliss-reactive ketones (excluding diaryl/α,β-unsaturated/α-hetero) is 1. The van der Waals surface area contributed by atoms with Crippen LogP contribution in [0.15, 0.2) is 36.4 Å². The lowest BCUT2D eigenvalue weighted by Gasteiger charge is -2.24. The second-order valence-corrected chi connectivity index (χ2v) is 7.25. The SMILES string of the molecule is CC1CC(=O)c2c(OC(=O)C(C)(C)Oc3ccc(Cl)cc3)ccc(F)c21. The second-order valence-electron chi connectivity index (χ2n) is 6.82. The topological polar surface area (TPSA) is 52.6 Å². The van der Waals surface area contributed by atoms with Gasteiger partial charge in [0.2, 0.25) is 5.60 Å². The van der Waals surface area contributed by atoms with Crippen LogP contribution in [0.3, 0.4) is 0 Å². The summed E-state index contributed by atoms with van der Waals surface area (Å²) in [5.74, 6) is -1.11. The Morgan fingerprint density at radius 1 is 1.19 bits per heavy atom. The Hall–Kier alpha value is -2.40. The number of hydrogen-bond donors (Lipinski definition) is 0. The number of hydrogen-bond acceptors (Lipinski definition) is 4. The van der Waals surface area contributed by atoms with E-state index in [4.69, 9.17) is 21.1 Å². The van der Waals surface area contributed by atoms with E-state index in [1.54, 1.807) is 45.0 Å². The van der Waals surface area contributed by atoms with Crippen LogP contribution in [0, 0.1) is 5.82 Å². The lowest BCUT2D eigenvalue weighted by Crippen LogP contribution is -2.41. The molecule has 0 radical (unpaired) electrons. The fourth-order valence-corrected chi connectivity index (χ4v) is 3.10. The molecule has 3 rings (SSSR count). The number of benzene rings is 2. The van der Waals surface area contributed by atoms with Gasteiger partial charge >= 0.3 is 5.97 Å². The first-order valence-corrected chi connectivity index (χ1v) is 8.59. The van der Waals surface area contributed by atoms with Gasteiger partial charge in [-0.15, -0.1) is 0 Å². The van der Waals surface area contributed by atoms with Gasteiger partial charge < -0.3 is 9.47 Å². The van der Waals surface area contributed by atoms with Crippen LogP contribution in [-0.2, 0) is 4.79 Å². The monoisotopic (exact) mass is 376 g/mol. The fraction of sp³-hybridized carbons (Fsp3) is 0.300. The Labute approximate surface area is 155 Å². The lowest BCUT2D eigenvalue weighted by molar-refractivity contribution is -0.149. The van der Waals surface area contributed by atoms with E-state index in [0.29, 0.717) is 16.3 Å². The third-order valence-electron chi connectivity index (χ3n) is 4.30. The molecule has 0 saturated carbocycles. The Balaban J connectivity index is 1.84. The number of fused-ring (bicyclic) bond motifs is 1. The van der Waals surface area contributed by atoms with Crippen LogP contribution in [0.4, 0.5) is 4.39 Å². The van der Waals surface area contributed by atoms with E-state index in [2.05, 4.69) is 0 Å². The summed E-state index contributed by atoms with van der Waals surface area (Å²) < 4.78 is 25.2. The summed E-state index contributed by atoms with van der Waals surface area (Å²) in [6.45, 7) is 4.88. The number of ether oxygens (including phenoxy) is 2. The molecule has 0 fully saturated rings. The average Bonchev–Trinajstić information content (AvgIpc) is 2.87. The van der Waals surface area contributed by atoms with Crippen LogP contribution in [-0.4, -0.2) is 17.4 Å². The first-order chi connectivity index (χ1) is 12.2. The molecule has 0 amide bonds. The molecule has 0 N–H and O–H groups in total. The number of carbonyl (C=O) groups excluding carboxylic acids is 2. The van der Waals surface area contributed by atoms with Gasteiger partial charge in [0.15, 0.2) is 5.78 Å². The van der Waals surface area contributed by atoms with E-state index in [-0.39, 0.29) is 29.4 Å². The molecule has 1 aliphatic rings. The third kappa shape index (κ3) is 3.44. The molecule has 2 aromatic rings. The molecule has 1 unspecified atom stereocenters. The summed E-state index contributed by atoms with van der Waals surface area (Å²) in [7, 11) is 0. The maximum atomic E-state index is 14.1.